The second kappa shape index (κ2) is 5.82. The average Bonchev–Trinajstić information content (AvgIpc) is 2.43. The van der Waals surface area contributed by atoms with Crippen molar-refractivity contribution >= 4 is 17.3 Å². The zero-order valence-electron chi connectivity index (χ0n) is 11.5. The summed E-state index contributed by atoms with van der Waals surface area (Å²) >= 11 is 0. The van der Waals surface area contributed by atoms with E-state index in [2.05, 4.69) is 15.3 Å². The van der Waals surface area contributed by atoms with Crippen LogP contribution in [0.4, 0.5) is 20.2 Å². The van der Waals surface area contributed by atoms with Gasteiger partial charge in [-0.05, 0) is 12.1 Å². The van der Waals surface area contributed by atoms with Crippen molar-refractivity contribution in [3.63, 3.8) is 0 Å². The lowest BCUT2D eigenvalue weighted by Gasteiger charge is -2.10. The van der Waals surface area contributed by atoms with E-state index < -0.39 is 23.2 Å². The number of halogens is 2. The number of nitrogen functional groups attached to an aromatic ring is 1. The van der Waals surface area contributed by atoms with Gasteiger partial charge in [-0.15, -0.1) is 0 Å². The van der Waals surface area contributed by atoms with E-state index in [9.17, 15) is 13.6 Å². The molecule has 0 aliphatic rings. The lowest BCUT2D eigenvalue weighted by atomic mass is 10.2. The fourth-order valence-electron chi connectivity index (χ4n) is 1.65. The minimum Gasteiger partial charge on any atom is -0.396 e. The molecule has 0 fully saturated rings. The number of para-hydroxylation sites is 1. The average molecular weight is 292 g/mol. The monoisotopic (exact) mass is 292 g/mol. The maximum absolute atomic E-state index is 13.5. The van der Waals surface area contributed by atoms with Crippen LogP contribution in [-0.4, -0.2) is 15.9 Å². The first kappa shape index (κ1) is 14.8. The van der Waals surface area contributed by atoms with E-state index in [1.54, 1.807) is 0 Å². The molecule has 21 heavy (non-hydrogen) atoms. The number of benzene rings is 1. The summed E-state index contributed by atoms with van der Waals surface area (Å²) in [4.78, 5) is 20.1. The fourth-order valence-corrected chi connectivity index (χ4v) is 1.65. The molecule has 5 nitrogen and oxygen atoms in total. The molecule has 1 aromatic carbocycles. The van der Waals surface area contributed by atoms with Crippen molar-refractivity contribution in [2.75, 3.05) is 11.1 Å². The third kappa shape index (κ3) is 3.13. The SMILES string of the molecule is CC(C)c1ncc(N)c(C(=O)Nc2c(F)cccc2F)n1. The maximum Gasteiger partial charge on any atom is 0.276 e. The van der Waals surface area contributed by atoms with Crippen LogP contribution >= 0.6 is 0 Å². The van der Waals surface area contributed by atoms with Crippen LogP contribution in [0, 0.1) is 11.6 Å². The molecule has 0 saturated heterocycles. The number of nitrogens with one attached hydrogen (secondary N) is 1. The summed E-state index contributed by atoms with van der Waals surface area (Å²) in [6, 6.07) is 3.29. The maximum atomic E-state index is 13.5. The molecule has 1 heterocycles. The zero-order valence-corrected chi connectivity index (χ0v) is 11.5. The van der Waals surface area contributed by atoms with Gasteiger partial charge < -0.3 is 11.1 Å². The summed E-state index contributed by atoms with van der Waals surface area (Å²) in [7, 11) is 0. The van der Waals surface area contributed by atoms with Crippen LogP contribution in [0.2, 0.25) is 0 Å². The van der Waals surface area contributed by atoms with Crippen molar-refractivity contribution in [2.45, 2.75) is 19.8 Å². The molecule has 1 amide bonds. The third-order valence-electron chi connectivity index (χ3n) is 2.77. The molecule has 7 heteroatoms. The lowest BCUT2D eigenvalue weighted by molar-refractivity contribution is 0.102. The Morgan fingerprint density at radius 2 is 1.90 bits per heavy atom. The summed E-state index contributed by atoms with van der Waals surface area (Å²) < 4.78 is 27.0. The molecule has 0 spiro atoms. The van der Waals surface area contributed by atoms with Crippen molar-refractivity contribution in [1.29, 1.82) is 0 Å². The van der Waals surface area contributed by atoms with Gasteiger partial charge >= 0.3 is 0 Å². The van der Waals surface area contributed by atoms with E-state index >= 15 is 0 Å². The Balaban J connectivity index is 2.35. The van der Waals surface area contributed by atoms with Crippen LogP contribution in [0.3, 0.4) is 0 Å². The van der Waals surface area contributed by atoms with Gasteiger partial charge in [0.25, 0.3) is 5.91 Å². The molecular weight excluding hydrogens is 278 g/mol. The van der Waals surface area contributed by atoms with Crippen molar-refractivity contribution in [3.8, 4) is 0 Å². The van der Waals surface area contributed by atoms with Crippen molar-refractivity contribution in [3.05, 3.63) is 47.5 Å². The quantitative estimate of drug-likeness (QED) is 0.911. The Labute approximate surface area is 120 Å². The lowest BCUT2D eigenvalue weighted by Crippen LogP contribution is -2.19. The Morgan fingerprint density at radius 1 is 1.29 bits per heavy atom. The van der Waals surface area contributed by atoms with Crippen LogP contribution in [-0.2, 0) is 0 Å². The minimum absolute atomic E-state index is 0.0117. The zero-order chi connectivity index (χ0) is 15.6. The van der Waals surface area contributed by atoms with Gasteiger partial charge in [0.2, 0.25) is 0 Å². The van der Waals surface area contributed by atoms with Gasteiger partial charge in [-0.25, -0.2) is 18.7 Å². The number of hydrogen-bond donors (Lipinski definition) is 2. The van der Waals surface area contributed by atoms with Crippen molar-refractivity contribution in [2.24, 2.45) is 0 Å². The summed E-state index contributed by atoms with van der Waals surface area (Å²) in [6.07, 6.45) is 1.30. The summed E-state index contributed by atoms with van der Waals surface area (Å²) in [5.41, 5.74) is 5.03. The van der Waals surface area contributed by atoms with Crippen LogP contribution in [0.1, 0.15) is 36.1 Å². The Kier molecular flexibility index (Phi) is 4.11. The van der Waals surface area contributed by atoms with Gasteiger partial charge in [0.05, 0.1) is 11.9 Å². The van der Waals surface area contributed by atoms with E-state index in [-0.39, 0.29) is 17.3 Å². The highest BCUT2D eigenvalue weighted by molar-refractivity contribution is 6.06. The third-order valence-corrected chi connectivity index (χ3v) is 2.77. The standard InChI is InChI=1S/C14H14F2N4O/c1-7(2)13-18-6-10(17)12(19-13)14(21)20-11-8(15)4-3-5-9(11)16/h3-7H,17H2,1-2H3,(H,20,21). The van der Waals surface area contributed by atoms with E-state index in [0.29, 0.717) is 5.82 Å². The van der Waals surface area contributed by atoms with Crippen LogP contribution < -0.4 is 11.1 Å². The van der Waals surface area contributed by atoms with E-state index in [4.69, 9.17) is 5.73 Å². The Bertz CT molecular complexity index is 668. The number of anilines is 2. The highest BCUT2D eigenvalue weighted by atomic mass is 19.1. The van der Waals surface area contributed by atoms with Gasteiger partial charge in [-0.2, -0.15) is 0 Å². The number of rotatable bonds is 3. The Morgan fingerprint density at radius 3 is 2.48 bits per heavy atom. The fraction of sp³-hybridized carbons (Fsp3) is 0.214. The molecule has 2 rings (SSSR count). The van der Waals surface area contributed by atoms with Crippen molar-refractivity contribution < 1.29 is 13.6 Å². The summed E-state index contributed by atoms with van der Waals surface area (Å²) in [5.74, 6) is -2.13. The number of carbonyl (C=O) groups excluding carboxylic acids is 1. The molecule has 110 valence electrons. The van der Waals surface area contributed by atoms with Gasteiger partial charge in [0.15, 0.2) is 5.69 Å². The Hall–Kier alpha value is -2.57. The molecule has 1 aromatic heterocycles. The number of carbonyl (C=O) groups is 1. The van der Waals surface area contributed by atoms with E-state index in [0.717, 1.165) is 12.1 Å². The van der Waals surface area contributed by atoms with Gasteiger partial charge in [-0.3, -0.25) is 4.79 Å². The molecule has 0 saturated carbocycles. The number of nitrogens with zero attached hydrogens (tertiary/aromatic N) is 2. The molecule has 3 N–H and O–H groups in total. The predicted molar refractivity (Wildman–Crippen MR) is 74.8 cm³/mol. The number of amides is 1. The summed E-state index contributed by atoms with van der Waals surface area (Å²) in [6.45, 7) is 3.70. The predicted octanol–water partition coefficient (Wildman–Crippen LogP) is 2.71. The first-order valence-corrected chi connectivity index (χ1v) is 6.28. The summed E-state index contributed by atoms with van der Waals surface area (Å²) in [5, 5.41) is 2.14. The topological polar surface area (TPSA) is 80.9 Å². The first-order chi connectivity index (χ1) is 9.90. The number of nitrogens with two attached hydrogens (primary N) is 1. The molecule has 0 radical (unpaired) electrons. The minimum atomic E-state index is -0.875. The second-order valence-corrected chi connectivity index (χ2v) is 4.74. The normalized spacial score (nSPS) is 10.7. The highest BCUT2D eigenvalue weighted by Crippen LogP contribution is 2.20. The van der Waals surface area contributed by atoms with Crippen LogP contribution in [0.25, 0.3) is 0 Å². The van der Waals surface area contributed by atoms with E-state index in [1.807, 2.05) is 13.8 Å². The highest BCUT2D eigenvalue weighted by Gasteiger charge is 2.18. The second-order valence-electron chi connectivity index (χ2n) is 4.74. The number of hydrogen-bond acceptors (Lipinski definition) is 4. The van der Waals surface area contributed by atoms with E-state index in [1.165, 1.54) is 12.3 Å². The van der Waals surface area contributed by atoms with Gasteiger partial charge in [0.1, 0.15) is 23.1 Å². The molecular formula is C14H14F2N4O. The van der Waals surface area contributed by atoms with Crippen LogP contribution in [0.5, 0.6) is 0 Å². The van der Waals surface area contributed by atoms with Gasteiger partial charge in [-0.1, -0.05) is 19.9 Å². The van der Waals surface area contributed by atoms with Crippen LogP contribution in [0.15, 0.2) is 24.4 Å². The number of aromatic nitrogens is 2. The molecule has 0 aliphatic heterocycles. The smallest absolute Gasteiger partial charge is 0.276 e. The van der Waals surface area contributed by atoms with Gasteiger partial charge in [0, 0.05) is 5.92 Å². The van der Waals surface area contributed by atoms with Crippen molar-refractivity contribution in [1.82, 2.24) is 9.97 Å². The largest absolute Gasteiger partial charge is 0.396 e. The first-order valence-electron chi connectivity index (χ1n) is 6.28. The molecule has 0 unspecified atom stereocenters. The molecule has 0 bridgehead atoms. The molecule has 2 aromatic rings. The molecule has 0 aliphatic carbocycles. The molecule has 0 atom stereocenters.